The lowest BCUT2D eigenvalue weighted by Crippen LogP contribution is -2.39. The van der Waals surface area contributed by atoms with E-state index in [1.807, 2.05) is 17.0 Å². The van der Waals surface area contributed by atoms with E-state index in [1.54, 1.807) is 6.26 Å². The number of carbonyl (C=O) groups excluding carboxylic acids is 1. The maximum Gasteiger partial charge on any atom is 0.244 e. The van der Waals surface area contributed by atoms with Gasteiger partial charge in [0.2, 0.25) is 11.9 Å². The standard InChI is InChI=1S/C23H27N7O2/c24-21-20-22(28-23(27-21)25-12-18-7-4-10-32-18)30(15-19(31)26-20)14-17-6-3-5-16(11-17)13-29-8-1-2-9-29/h3-7,10-11H,1-2,8-9,12-15H2,(H,26,31)(H3,24,25,27,28). The van der Waals surface area contributed by atoms with Crippen LogP contribution in [0.25, 0.3) is 0 Å². The van der Waals surface area contributed by atoms with Crippen LogP contribution in [0.4, 0.5) is 23.3 Å². The van der Waals surface area contributed by atoms with Gasteiger partial charge in [-0.1, -0.05) is 24.3 Å². The van der Waals surface area contributed by atoms with Crippen molar-refractivity contribution in [2.75, 3.05) is 40.9 Å². The molecule has 9 heteroatoms. The first-order valence-corrected chi connectivity index (χ1v) is 10.9. The SMILES string of the molecule is Nc1nc(NCc2ccco2)nc2c1NC(=O)CN2Cc1cccc(CN2CCCC2)c1. The van der Waals surface area contributed by atoms with Gasteiger partial charge in [0.15, 0.2) is 11.6 Å². The highest BCUT2D eigenvalue weighted by Crippen LogP contribution is 2.34. The summed E-state index contributed by atoms with van der Waals surface area (Å²) in [4.78, 5) is 25.7. The second-order valence-corrected chi connectivity index (χ2v) is 8.27. The van der Waals surface area contributed by atoms with Crippen LogP contribution < -0.4 is 21.3 Å². The second-order valence-electron chi connectivity index (χ2n) is 8.27. The highest BCUT2D eigenvalue weighted by Gasteiger charge is 2.27. The number of nitrogens with one attached hydrogen (secondary N) is 2. The Hall–Kier alpha value is -3.59. The summed E-state index contributed by atoms with van der Waals surface area (Å²) in [5.41, 5.74) is 9.03. The van der Waals surface area contributed by atoms with Crippen molar-refractivity contribution >= 4 is 29.2 Å². The summed E-state index contributed by atoms with van der Waals surface area (Å²) >= 11 is 0. The lowest BCUT2D eigenvalue weighted by atomic mass is 10.1. The number of amides is 1. The van der Waals surface area contributed by atoms with Crippen LogP contribution in [0.1, 0.15) is 29.7 Å². The van der Waals surface area contributed by atoms with Crippen LogP contribution in [0, 0.1) is 0 Å². The van der Waals surface area contributed by atoms with Crippen LogP contribution in [0.3, 0.4) is 0 Å². The second kappa shape index (κ2) is 8.88. The average Bonchev–Trinajstić information content (AvgIpc) is 3.48. The molecular formula is C23H27N7O2. The molecule has 5 rings (SSSR count). The van der Waals surface area contributed by atoms with E-state index in [0.717, 1.165) is 31.0 Å². The van der Waals surface area contributed by atoms with Crippen LogP contribution in [0.5, 0.6) is 0 Å². The minimum absolute atomic E-state index is 0.127. The van der Waals surface area contributed by atoms with Gasteiger partial charge in [-0.2, -0.15) is 9.97 Å². The Morgan fingerprint density at radius 1 is 1.09 bits per heavy atom. The summed E-state index contributed by atoms with van der Waals surface area (Å²) < 4.78 is 5.35. The van der Waals surface area contributed by atoms with Crippen LogP contribution in [0.2, 0.25) is 0 Å². The molecule has 0 aliphatic carbocycles. The molecule has 0 unspecified atom stereocenters. The Balaban J connectivity index is 1.36. The number of hydrogen-bond acceptors (Lipinski definition) is 8. The molecule has 1 amide bonds. The highest BCUT2D eigenvalue weighted by molar-refractivity contribution is 6.03. The Labute approximate surface area is 186 Å². The maximum absolute atomic E-state index is 12.3. The zero-order valence-corrected chi connectivity index (χ0v) is 17.9. The molecular weight excluding hydrogens is 406 g/mol. The minimum atomic E-state index is -0.127. The molecule has 1 aromatic carbocycles. The number of nitrogens with two attached hydrogens (primary N) is 1. The molecule has 1 fully saturated rings. The van der Waals surface area contributed by atoms with Crippen molar-refractivity contribution in [2.24, 2.45) is 0 Å². The molecule has 4 N–H and O–H groups in total. The molecule has 0 atom stereocenters. The number of fused-ring (bicyclic) bond motifs is 1. The first kappa shape index (κ1) is 20.3. The van der Waals surface area contributed by atoms with Crippen molar-refractivity contribution in [1.29, 1.82) is 0 Å². The van der Waals surface area contributed by atoms with Gasteiger partial charge >= 0.3 is 0 Å². The molecule has 0 saturated carbocycles. The molecule has 3 aromatic rings. The van der Waals surface area contributed by atoms with Crippen LogP contribution >= 0.6 is 0 Å². The molecule has 9 nitrogen and oxygen atoms in total. The molecule has 0 bridgehead atoms. The minimum Gasteiger partial charge on any atom is -0.467 e. The lowest BCUT2D eigenvalue weighted by Gasteiger charge is -2.30. The lowest BCUT2D eigenvalue weighted by molar-refractivity contribution is -0.115. The topological polar surface area (TPSA) is 113 Å². The van der Waals surface area contributed by atoms with Gasteiger partial charge in [-0.25, -0.2) is 0 Å². The van der Waals surface area contributed by atoms with E-state index < -0.39 is 0 Å². The number of hydrogen-bond donors (Lipinski definition) is 3. The van der Waals surface area contributed by atoms with Crippen LogP contribution in [0.15, 0.2) is 47.1 Å². The summed E-state index contributed by atoms with van der Waals surface area (Å²) in [6.45, 7) is 4.48. The van der Waals surface area contributed by atoms with E-state index in [-0.39, 0.29) is 18.3 Å². The van der Waals surface area contributed by atoms with E-state index in [2.05, 4.69) is 49.8 Å². The third-order valence-electron chi connectivity index (χ3n) is 5.79. The van der Waals surface area contributed by atoms with E-state index in [0.29, 0.717) is 30.5 Å². The Bertz CT molecular complexity index is 1090. The largest absolute Gasteiger partial charge is 0.467 e. The molecule has 0 radical (unpaired) electrons. The third kappa shape index (κ3) is 4.52. The zero-order valence-electron chi connectivity index (χ0n) is 17.9. The zero-order chi connectivity index (χ0) is 21.9. The molecule has 2 aromatic heterocycles. The predicted octanol–water partition coefficient (Wildman–Crippen LogP) is 2.82. The molecule has 2 aliphatic heterocycles. The molecule has 32 heavy (non-hydrogen) atoms. The Kier molecular flexibility index (Phi) is 5.64. The molecule has 2 aliphatic rings. The number of rotatable bonds is 7. The number of aromatic nitrogens is 2. The van der Waals surface area contributed by atoms with Crippen molar-refractivity contribution in [1.82, 2.24) is 14.9 Å². The predicted molar refractivity (Wildman–Crippen MR) is 123 cm³/mol. The quantitative estimate of drug-likeness (QED) is 0.521. The number of carbonyl (C=O) groups is 1. The number of anilines is 4. The van der Waals surface area contributed by atoms with E-state index in [4.69, 9.17) is 10.2 Å². The number of nitrogen functional groups attached to an aromatic ring is 1. The third-order valence-corrected chi connectivity index (χ3v) is 5.79. The van der Waals surface area contributed by atoms with Gasteiger partial charge in [0.05, 0.1) is 19.4 Å². The number of nitrogens with zero attached hydrogens (tertiary/aromatic N) is 4. The summed E-state index contributed by atoms with van der Waals surface area (Å²) in [6, 6.07) is 12.2. The maximum atomic E-state index is 12.3. The summed E-state index contributed by atoms with van der Waals surface area (Å²) in [5, 5.41) is 5.96. The first-order valence-electron chi connectivity index (χ1n) is 10.9. The average molecular weight is 434 g/mol. The molecule has 166 valence electrons. The monoisotopic (exact) mass is 433 g/mol. The van der Waals surface area contributed by atoms with E-state index in [1.165, 1.54) is 18.4 Å². The Morgan fingerprint density at radius 2 is 1.91 bits per heavy atom. The smallest absolute Gasteiger partial charge is 0.244 e. The molecule has 4 heterocycles. The summed E-state index contributed by atoms with van der Waals surface area (Å²) in [5.74, 6) is 1.88. The normalized spacial score (nSPS) is 16.1. The fourth-order valence-electron chi connectivity index (χ4n) is 4.28. The van der Waals surface area contributed by atoms with Crippen LogP contribution in [-0.4, -0.2) is 40.4 Å². The van der Waals surface area contributed by atoms with Gasteiger partial charge in [-0.3, -0.25) is 9.69 Å². The van der Waals surface area contributed by atoms with Crippen LogP contribution in [-0.2, 0) is 24.4 Å². The first-order chi connectivity index (χ1) is 15.6. The number of likely N-dealkylation sites (tertiary alicyclic amines) is 1. The fraction of sp³-hybridized carbons (Fsp3) is 0.348. The van der Waals surface area contributed by atoms with Crippen molar-refractivity contribution in [2.45, 2.75) is 32.5 Å². The number of furan rings is 1. The summed E-state index contributed by atoms with van der Waals surface area (Å²) in [7, 11) is 0. The number of benzene rings is 1. The van der Waals surface area contributed by atoms with Gasteiger partial charge in [-0.05, 0) is 49.2 Å². The van der Waals surface area contributed by atoms with Gasteiger partial charge in [0, 0.05) is 13.1 Å². The van der Waals surface area contributed by atoms with Crippen molar-refractivity contribution in [3.8, 4) is 0 Å². The van der Waals surface area contributed by atoms with E-state index in [9.17, 15) is 4.79 Å². The van der Waals surface area contributed by atoms with Gasteiger partial charge in [0.25, 0.3) is 0 Å². The van der Waals surface area contributed by atoms with Gasteiger partial charge in [0.1, 0.15) is 11.4 Å². The molecule has 0 spiro atoms. The van der Waals surface area contributed by atoms with Crippen molar-refractivity contribution in [3.63, 3.8) is 0 Å². The van der Waals surface area contributed by atoms with Gasteiger partial charge in [-0.15, -0.1) is 0 Å². The van der Waals surface area contributed by atoms with E-state index >= 15 is 0 Å². The Morgan fingerprint density at radius 3 is 2.69 bits per heavy atom. The molecule has 1 saturated heterocycles. The fourth-order valence-corrected chi connectivity index (χ4v) is 4.28. The van der Waals surface area contributed by atoms with Crippen molar-refractivity contribution in [3.05, 3.63) is 59.5 Å². The highest BCUT2D eigenvalue weighted by atomic mass is 16.3. The van der Waals surface area contributed by atoms with Crippen molar-refractivity contribution < 1.29 is 9.21 Å². The summed E-state index contributed by atoms with van der Waals surface area (Å²) in [6.07, 6.45) is 4.17. The van der Waals surface area contributed by atoms with Gasteiger partial charge < -0.3 is 25.7 Å².